The Morgan fingerprint density at radius 3 is 2.47 bits per heavy atom. The van der Waals surface area contributed by atoms with E-state index in [0.717, 1.165) is 57.6 Å². The van der Waals surface area contributed by atoms with Crippen LogP contribution in [0.2, 0.25) is 0 Å². The van der Waals surface area contributed by atoms with Gasteiger partial charge >= 0.3 is 0 Å². The zero-order valence-corrected chi connectivity index (χ0v) is 18.1. The highest BCUT2D eigenvalue weighted by atomic mass is 32.2. The van der Waals surface area contributed by atoms with Gasteiger partial charge in [0.1, 0.15) is 5.75 Å². The molecule has 2 fully saturated rings. The summed E-state index contributed by atoms with van der Waals surface area (Å²) in [6, 6.07) is 6.56. The molecule has 0 bridgehead atoms. The number of nitrogens with zero attached hydrogens (tertiary/aromatic N) is 3. The summed E-state index contributed by atoms with van der Waals surface area (Å²) in [7, 11) is -1.90. The fraction of sp³-hybridized carbons (Fsp3) is 0.619. The van der Waals surface area contributed by atoms with Crippen molar-refractivity contribution in [3.63, 3.8) is 0 Å². The topological polar surface area (TPSA) is 94.8 Å². The fourth-order valence-corrected chi connectivity index (χ4v) is 5.62. The minimum atomic E-state index is -3.46. The van der Waals surface area contributed by atoms with E-state index < -0.39 is 10.0 Å². The van der Waals surface area contributed by atoms with Gasteiger partial charge in [-0.2, -0.15) is 9.29 Å². The molecule has 2 saturated heterocycles. The Kier molecular flexibility index (Phi) is 6.70. The molecule has 3 heterocycles. The molecule has 1 aromatic carbocycles. The molecule has 1 aromatic heterocycles. The predicted octanol–water partition coefficient (Wildman–Crippen LogP) is 3.01. The number of methoxy groups -OCH3 is 1. The number of ether oxygens (including phenoxy) is 2. The van der Waals surface area contributed by atoms with Crippen LogP contribution in [0.5, 0.6) is 5.75 Å². The zero-order chi connectivity index (χ0) is 21.0. The molecule has 0 radical (unpaired) electrons. The van der Waals surface area contributed by atoms with Crippen LogP contribution in [0.15, 0.2) is 33.7 Å². The van der Waals surface area contributed by atoms with Crippen LogP contribution in [0, 0.1) is 5.92 Å². The molecule has 2 aliphatic heterocycles. The van der Waals surface area contributed by atoms with E-state index in [4.69, 9.17) is 14.0 Å². The van der Waals surface area contributed by atoms with Gasteiger partial charge in [0.25, 0.3) is 0 Å². The number of hydrogen-bond donors (Lipinski definition) is 0. The summed E-state index contributed by atoms with van der Waals surface area (Å²) < 4.78 is 43.3. The SMILES string of the molecule is COc1ccc(S(=O)(=O)N2CCC(CCc3nc(C4CCOCC4)no3)CC2)cc1. The van der Waals surface area contributed by atoms with Crippen LogP contribution in [0.25, 0.3) is 0 Å². The Bertz CT molecular complexity index is 914. The van der Waals surface area contributed by atoms with E-state index in [9.17, 15) is 8.42 Å². The molecular formula is C21H29N3O5S. The minimum Gasteiger partial charge on any atom is -0.497 e. The quantitative estimate of drug-likeness (QED) is 0.660. The lowest BCUT2D eigenvalue weighted by Gasteiger charge is -2.31. The maximum Gasteiger partial charge on any atom is 0.243 e. The molecule has 2 aromatic rings. The third-order valence-electron chi connectivity index (χ3n) is 6.11. The molecule has 0 unspecified atom stereocenters. The largest absolute Gasteiger partial charge is 0.497 e. The van der Waals surface area contributed by atoms with Crippen LogP contribution >= 0.6 is 0 Å². The van der Waals surface area contributed by atoms with E-state index in [2.05, 4.69) is 10.1 Å². The lowest BCUT2D eigenvalue weighted by Crippen LogP contribution is -2.38. The van der Waals surface area contributed by atoms with E-state index in [1.165, 1.54) is 0 Å². The number of aryl methyl sites for hydroxylation is 1. The van der Waals surface area contributed by atoms with Crippen molar-refractivity contribution in [2.24, 2.45) is 5.92 Å². The van der Waals surface area contributed by atoms with Crippen LogP contribution in [-0.2, 0) is 21.2 Å². The smallest absolute Gasteiger partial charge is 0.243 e. The minimum absolute atomic E-state index is 0.313. The first kappa shape index (κ1) is 21.3. The molecule has 2 aliphatic rings. The van der Waals surface area contributed by atoms with Crippen molar-refractivity contribution in [2.75, 3.05) is 33.4 Å². The monoisotopic (exact) mass is 435 g/mol. The van der Waals surface area contributed by atoms with Crippen molar-refractivity contribution in [2.45, 2.75) is 49.3 Å². The zero-order valence-electron chi connectivity index (χ0n) is 17.3. The number of benzene rings is 1. The lowest BCUT2D eigenvalue weighted by atomic mass is 9.93. The van der Waals surface area contributed by atoms with Gasteiger partial charge in [0.15, 0.2) is 5.82 Å². The van der Waals surface area contributed by atoms with Crippen molar-refractivity contribution < 1.29 is 22.4 Å². The third-order valence-corrected chi connectivity index (χ3v) is 8.02. The number of sulfonamides is 1. The van der Waals surface area contributed by atoms with E-state index in [1.807, 2.05) is 0 Å². The molecular weight excluding hydrogens is 406 g/mol. The van der Waals surface area contributed by atoms with E-state index in [0.29, 0.717) is 41.5 Å². The average Bonchev–Trinajstić information content (AvgIpc) is 3.28. The van der Waals surface area contributed by atoms with Gasteiger partial charge in [-0.15, -0.1) is 0 Å². The van der Waals surface area contributed by atoms with E-state index >= 15 is 0 Å². The van der Waals surface area contributed by atoms with Crippen LogP contribution < -0.4 is 4.74 Å². The van der Waals surface area contributed by atoms with Crippen molar-refractivity contribution in [3.05, 3.63) is 36.0 Å². The Labute approximate surface area is 177 Å². The number of hydrogen-bond acceptors (Lipinski definition) is 7. The Balaban J connectivity index is 1.27. The summed E-state index contributed by atoms with van der Waals surface area (Å²) >= 11 is 0. The Morgan fingerprint density at radius 1 is 1.10 bits per heavy atom. The summed E-state index contributed by atoms with van der Waals surface area (Å²) in [5.41, 5.74) is 0. The number of rotatable bonds is 7. The highest BCUT2D eigenvalue weighted by Gasteiger charge is 2.29. The molecule has 164 valence electrons. The standard InChI is InChI=1S/C21H29N3O5S/c1-27-18-3-5-19(6-4-18)30(25,26)24-12-8-16(9-13-24)2-7-20-22-21(23-29-20)17-10-14-28-15-11-17/h3-6,16-17H,2,7-15H2,1H3. The molecule has 0 spiro atoms. The van der Waals surface area contributed by atoms with Gasteiger partial charge in [0, 0.05) is 38.6 Å². The average molecular weight is 436 g/mol. The second-order valence-electron chi connectivity index (χ2n) is 7.99. The molecule has 4 rings (SSSR count). The lowest BCUT2D eigenvalue weighted by molar-refractivity contribution is 0.0830. The highest BCUT2D eigenvalue weighted by Crippen LogP contribution is 2.28. The van der Waals surface area contributed by atoms with Crippen LogP contribution in [0.1, 0.15) is 49.7 Å². The molecule has 0 saturated carbocycles. The van der Waals surface area contributed by atoms with E-state index in [1.54, 1.807) is 35.7 Å². The third kappa shape index (κ3) is 4.84. The first-order valence-electron chi connectivity index (χ1n) is 10.6. The van der Waals surface area contributed by atoms with Crippen LogP contribution in [0.4, 0.5) is 0 Å². The van der Waals surface area contributed by atoms with Gasteiger partial charge in [-0.3, -0.25) is 0 Å². The summed E-state index contributed by atoms with van der Waals surface area (Å²) in [5.74, 6) is 2.93. The molecule has 8 nitrogen and oxygen atoms in total. The summed E-state index contributed by atoms with van der Waals surface area (Å²) in [6.07, 6.45) is 5.25. The fourth-order valence-electron chi connectivity index (χ4n) is 4.15. The Morgan fingerprint density at radius 2 is 1.80 bits per heavy atom. The van der Waals surface area contributed by atoms with Crippen molar-refractivity contribution >= 4 is 10.0 Å². The summed E-state index contributed by atoms with van der Waals surface area (Å²) in [4.78, 5) is 4.89. The van der Waals surface area contributed by atoms with Gasteiger partial charge in [-0.25, -0.2) is 8.42 Å². The maximum absolute atomic E-state index is 12.9. The van der Waals surface area contributed by atoms with Gasteiger partial charge in [0.2, 0.25) is 15.9 Å². The highest BCUT2D eigenvalue weighted by molar-refractivity contribution is 7.89. The number of piperidine rings is 1. The molecule has 30 heavy (non-hydrogen) atoms. The van der Waals surface area contributed by atoms with Crippen molar-refractivity contribution in [1.82, 2.24) is 14.4 Å². The molecule has 0 N–H and O–H groups in total. The second-order valence-corrected chi connectivity index (χ2v) is 9.93. The van der Waals surface area contributed by atoms with Crippen LogP contribution in [-0.4, -0.2) is 56.3 Å². The van der Waals surface area contributed by atoms with Crippen molar-refractivity contribution in [3.8, 4) is 5.75 Å². The molecule has 0 amide bonds. The first-order valence-corrected chi connectivity index (χ1v) is 12.0. The second kappa shape index (κ2) is 9.45. The molecule has 9 heteroatoms. The van der Waals surface area contributed by atoms with Crippen molar-refractivity contribution in [1.29, 1.82) is 0 Å². The maximum atomic E-state index is 12.9. The first-order chi connectivity index (χ1) is 14.6. The van der Waals surface area contributed by atoms with E-state index in [-0.39, 0.29) is 0 Å². The van der Waals surface area contributed by atoms with Gasteiger partial charge < -0.3 is 14.0 Å². The predicted molar refractivity (Wildman–Crippen MR) is 110 cm³/mol. The van der Waals surface area contributed by atoms with Gasteiger partial charge in [-0.1, -0.05) is 5.16 Å². The Hall–Kier alpha value is -1.97. The molecule has 0 atom stereocenters. The summed E-state index contributed by atoms with van der Waals surface area (Å²) in [5, 5.41) is 4.16. The van der Waals surface area contributed by atoms with Gasteiger partial charge in [-0.05, 0) is 62.3 Å². The number of aromatic nitrogens is 2. The summed E-state index contributed by atoms with van der Waals surface area (Å²) in [6.45, 7) is 2.59. The van der Waals surface area contributed by atoms with Gasteiger partial charge in [0.05, 0.1) is 12.0 Å². The normalized spacial score (nSPS) is 19.8. The molecule has 0 aliphatic carbocycles. The van der Waals surface area contributed by atoms with Crippen LogP contribution in [0.3, 0.4) is 0 Å².